The third kappa shape index (κ3) is 3.63. The van der Waals surface area contributed by atoms with Crippen LogP contribution in [0.4, 0.5) is 5.69 Å². The summed E-state index contributed by atoms with van der Waals surface area (Å²) in [7, 11) is -3.22. The number of carboxylic acids is 1. The van der Waals surface area contributed by atoms with Crippen LogP contribution in [0.25, 0.3) is 0 Å². The number of carbonyl (C=O) groups is 1. The molecule has 0 aliphatic heterocycles. The van der Waals surface area contributed by atoms with Crippen molar-refractivity contribution in [2.45, 2.75) is 17.9 Å². The third-order valence-corrected chi connectivity index (χ3v) is 4.06. The molecule has 1 atom stereocenters. The summed E-state index contributed by atoms with van der Waals surface area (Å²) in [6.07, 6.45) is 1.15. The lowest BCUT2D eigenvalue weighted by atomic mass is 10.2. The number of hydrogen-bond donors (Lipinski definition) is 2. The van der Waals surface area contributed by atoms with Gasteiger partial charge in [0.05, 0.1) is 10.9 Å². The van der Waals surface area contributed by atoms with Gasteiger partial charge in [-0.25, -0.2) is 13.2 Å². The van der Waals surface area contributed by atoms with E-state index >= 15 is 0 Å². The van der Waals surface area contributed by atoms with Crippen molar-refractivity contribution in [2.24, 2.45) is 0 Å². The Labute approximate surface area is 122 Å². The van der Waals surface area contributed by atoms with Crippen molar-refractivity contribution in [3.63, 3.8) is 0 Å². The normalized spacial score (nSPS) is 12.9. The van der Waals surface area contributed by atoms with E-state index in [1.54, 1.807) is 18.2 Å². The third-order valence-electron chi connectivity index (χ3n) is 2.93. The summed E-state index contributed by atoms with van der Waals surface area (Å²) >= 11 is 0. The summed E-state index contributed by atoms with van der Waals surface area (Å²) in [6, 6.07) is 9.04. The van der Waals surface area contributed by atoms with Gasteiger partial charge in [0, 0.05) is 11.9 Å². The van der Waals surface area contributed by atoms with Crippen molar-refractivity contribution in [1.82, 2.24) is 0 Å². The second-order valence-electron chi connectivity index (χ2n) is 4.67. The molecule has 0 bridgehead atoms. The first-order chi connectivity index (χ1) is 9.77. The van der Waals surface area contributed by atoms with Crippen LogP contribution in [0.3, 0.4) is 0 Å². The molecule has 0 aliphatic rings. The highest BCUT2D eigenvalue weighted by molar-refractivity contribution is 7.90. The molecular formula is C14H15NO5S. The van der Waals surface area contributed by atoms with Crippen LogP contribution in [-0.2, 0) is 9.84 Å². The Morgan fingerprint density at radius 3 is 2.29 bits per heavy atom. The lowest BCUT2D eigenvalue weighted by molar-refractivity contribution is 0.0660. The van der Waals surface area contributed by atoms with Crippen LogP contribution in [0.5, 0.6) is 0 Å². The first-order valence-electron chi connectivity index (χ1n) is 6.17. The molecular weight excluding hydrogens is 294 g/mol. The summed E-state index contributed by atoms with van der Waals surface area (Å²) < 4.78 is 27.9. The number of hydrogen-bond acceptors (Lipinski definition) is 5. The van der Waals surface area contributed by atoms with Crippen molar-refractivity contribution < 1.29 is 22.7 Å². The first kappa shape index (κ1) is 15.1. The van der Waals surface area contributed by atoms with E-state index in [9.17, 15) is 13.2 Å². The van der Waals surface area contributed by atoms with E-state index in [1.807, 2.05) is 6.92 Å². The van der Waals surface area contributed by atoms with Gasteiger partial charge in [-0.15, -0.1) is 0 Å². The Kier molecular flexibility index (Phi) is 4.04. The molecule has 0 spiro atoms. The fraction of sp³-hybridized carbons (Fsp3) is 0.214. The van der Waals surface area contributed by atoms with Gasteiger partial charge in [0.15, 0.2) is 9.84 Å². The highest BCUT2D eigenvalue weighted by Gasteiger charge is 2.14. The molecule has 1 heterocycles. The smallest absolute Gasteiger partial charge is 0.371 e. The Morgan fingerprint density at radius 1 is 1.19 bits per heavy atom. The maximum Gasteiger partial charge on any atom is 0.371 e. The van der Waals surface area contributed by atoms with E-state index in [1.165, 1.54) is 18.2 Å². The van der Waals surface area contributed by atoms with Gasteiger partial charge < -0.3 is 14.8 Å². The lowest BCUT2D eigenvalue weighted by Crippen LogP contribution is -2.06. The number of rotatable bonds is 5. The topological polar surface area (TPSA) is 96.6 Å². The number of sulfone groups is 1. The van der Waals surface area contributed by atoms with Gasteiger partial charge in [0.25, 0.3) is 0 Å². The summed E-state index contributed by atoms with van der Waals surface area (Å²) in [5.41, 5.74) is 0.711. The average Bonchev–Trinajstić information content (AvgIpc) is 2.88. The van der Waals surface area contributed by atoms with E-state index in [2.05, 4.69) is 5.32 Å². The second kappa shape index (κ2) is 5.61. The Bertz CT molecular complexity index is 746. The SMILES string of the molecule is CC(Nc1ccc(S(C)(=O)=O)cc1)c1ccc(C(=O)O)o1. The number of benzene rings is 1. The summed E-state index contributed by atoms with van der Waals surface area (Å²) in [4.78, 5) is 11.0. The molecule has 2 N–H and O–H groups in total. The molecule has 6 nitrogen and oxygen atoms in total. The molecule has 0 fully saturated rings. The minimum Gasteiger partial charge on any atom is -0.475 e. The Balaban J connectivity index is 2.12. The van der Waals surface area contributed by atoms with E-state index < -0.39 is 15.8 Å². The van der Waals surface area contributed by atoms with Crippen LogP contribution in [0.1, 0.15) is 29.3 Å². The molecule has 0 radical (unpaired) electrons. The van der Waals surface area contributed by atoms with Crippen molar-refractivity contribution in [3.8, 4) is 0 Å². The monoisotopic (exact) mass is 309 g/mol. The minimum absolute atomic E-state index is 0.119. The van der Waals surface area contributed by atoms with Crippen LogP contribution in [-0.4, -0.2) is 25.7 Å². The zero-order valence-corrected chi connectivity index (χ0v) is 12.3. The van der Waals surface area contributed by atoms with E-state index in [0.29, 0.717) is 11.4 Å². The summed E-state index contributed by atoms with van der Waals surface area (Å²) in [5.74, 6) is -0.753. The van der Waals surface area contributed by atoms with Crippen LogP contribution >= 0.6 is 0 Å². The maximum absolute atomic E-state index is 11.4. The molecule has 0 aliphatic carbocycles. The quantitative estimate of drug-likeness (QED) is 0.881. The van der Waals surface area contributed by atoms with Gasteiger partial charge in [0.2, 0.25) is 5.76 Å². The van der Waals surface area contributed by atoms with Gasteiger partial charge >= 0.3 is 5.97 Å². The molecule has 0 saturated carbocycles. The molecule has 2 rings (SSSR count). The zero-order valence-electron chi connectivity index (χ0n) is 11.5. The molecule has 1 aromatic heterocycles. The maximum atomic E-state index is 11.4. The number of nitrogens with one attached hydrogen (secondary N) is 1. The van der Waals surface area contributed by atoms with Crippen LogP contribution < -0.4 is 5.32 Å². The molecule has 7 heteroatoms. The van der Waals surface area contributed by atoms with Crippen LogP contribution in [0.15, 0.2) is 45.7 Å². The lowest BCUT2D eigenvalue weighted by Gasteiger charge is -2.13. The van der Waals surface area contributed by atoms with E-state index in [4.69, 9.17) is 9.52 Å². The van der Waals surface area contributed by atoms with Gasteiger partial charge in [-0.2, -0.15) is 0 Å². The number of aromatic carboxylic acids is 1. The van der Waals surface area contributed by atoms with Crippen molar-refractivity contribution in [3.05, 3.63) is 47.9 Å². The second-order valence-corrected chi connectivity index (χ2v) is 6.69. The molecule has 112 valence electrons. The average molecular weight is 309 g/mol. The van der Waals surface area contributed by atoms with Crippen LogP contribution in [0, 0.1) is 0 Å². The summed E-state index contributed by atoms with van der Waals surface area (Å²) in [5, 5.41) is 11.9. The van der Waals surface area contributed by atoms with Crippen molar-refractivity contribution in [1.29, 1.82) is 0 Å². The molecule has 1 unspecified atom stereocenters. The number of anilines is 1. The first-order valence-corrected chi connectivity index (χ1v) is 8.06. The van der Waals surface area contributed by atoms with Crippen molar-refractivity contribution >= 4 is 21.5 Å². The Morgan fingerprint density at radius 2 is 1.81 bits per heavy atom. The molecule has 0 saturated heterocycles. The molecule has 1 aromatic carbocycles. The standard InChI is InChI=1S/C14H15NO5S/c1-9(12-7-8-13(20-12)14(16)17)15-10-3-5-11(6-4-10)21(2,18)19/h3-9,15H,1-2H3,(H,16,17). The van der Waals surface area contributed by atoms with Crippen LogP contribution in [0.2, 0.25) is 0 Å². The largest absolute Gasteiger partial charge is 0.475 e. The predicted octanol–water partition coefficient (Wildman–Crippen LogP) is 2.55. The number of furan rings is 1. The van der Waals surface area contributed by atoms with Gasteiger partial charge in [0.1, 0.15) is 5.76 Å². The highest BCUT2D eigenvalue weighted by atomic mass is 32.2. The highest BCUT2D eigenvalue weighted by Crippen LogP contribution is 2.22. The number of carboxylic acid groups (broad SMARTS) is 1. The predicted molar refractivity (Wildman–Crippen MR) is 77.3 cm³/mol. The van der Waals surface area contributed by atoms with Gasteiger partial charge in [-0.3, -0.25) is 0 Å². The molecule has 21 heavy (non-hydrogen) atoms. The van der Waals surface area contributed by atoms with Gasteiger partial charge in [-0.1, -0.05) is 0 Å². The Hall–Kier alpha value is -2.28. The summed E-state index contributed by atoms with van der Waals surface area (Å²) in [6.45, 7) is 1.81. The fourth-order valence-corrected chi connectivity index (χ4v) is 2.45. The fourth-order valence-electron chi connectivity index (χ4n) is 1.82. The van der Waals surface area contributed by atoms with E-state index in [0.717, 1.165) is 6.26 Å². The molecule has 2 aromatic rings. The van der Waals surface area contributed by atoms with Crippen molar-refractivity contribution in [2.75, 3.05) is 11.6 Å². The minimum atomic E-state index is -3.22. The zero-order chi connectivity index (χ0) is 15.6. The molecule has 0 amide bonds. The van der Waals surface area contributed by atoms with Gasteiger partial charge in [-0.05, 0) is 43.3 Å². The van der Waals surface area contributed by atoms with E-state index in [-0.39, 0.29) is 16.7 Å².